The molecule has 12 rings (SSSR count). The number of methoxy groups -OCH3 is 7. The Morgan fingerprint density at radius 1 is 0.667 bits per heavy atom. The zero-order valence-electron chi connectivity index (χ0n) is 61.1. The Bertz CT molecular complexity index is 3130. The van der Waals surface area contributed by atoms with Crippen LogP contribution in [0.25, 0.3) is 0 Å². The van der Waals surface area contributed by atoms with E-state index in [4.69, 9.17) is 151 Å². The minimum atomic E-state index is -2.04. The van der Waals surface area contributed by atoms with Gasteiger partial charge >= 0.3 is 11.9 Å². The van der Waals surface area contributed by atoms with Crippen LogP contribution in [-0.4, -0.2) is 337 Å². The predicted octanol–water partition coefficient (Wildman–Crippen LogP) is -0.768. The van der Waals surface area contributed by atoms with Gasteiger partial charge in [0.2, 0.25) is 0 Å². The molecule has 600 valence electrons. The lowest BCUT2D eigenvalue weighted by Gasteiger charge is -2.50. The van der Waals surface area contributed by atoms with E-state index in [1.54, 1.807) is 48.5 Å². The fourth-order valence-electron chi connectivity index (χ4n) is 16.6. The molecule has 0 aromatic heterocycles. The first-order valence-corrected chi connectivity index (χ1v) is 35.7. The fraction of sp³-hybridized carbons (Fsp3) is 0.894. The number of carbonyl (C=O) groups excluding carboxylic acids is 1. The highest BCUT2D eigenvalue weighted by atomic mass is 35.5. The number of esters is 1. The van der Waals surface area contributed by atoms with Crippen LogP contribution in [0.2, 0.25) is 10.0 Å². The SMILES string of the molecule is COC[C@@H]1O[C@H](O[C@H]2OC[C@@H]3O[C@@]4(OC[C@@](O)([C@H](C)OC)[C@H]5OCO[C@H]54)O[C@H]3[C@H]2OC)[C@H](OC)[C@H](O)[C@H]1O[C@@H]1O[C@@H](C)[C@@H](OC)[C@H](O[C@@H]2O[C@H](C)[C@@H]3O[C@]4(C[C@@H](O)[C@H](O[C@H]5C[C@@H](O[C@@H]6C[C@](C)([NH+]([O-])O)[C@@H](OC)[C@H](C)O6)[C@H](OC(=O)c6c(C)c(Cl)c(O)c(Cl)c6OC)[C@H](C)O5)[C@@H](C)O4)O[C@]3(C)[C@H]2O)[C@H]1O. The maximum Gasteiger partial charge on any atom is 0.342 e. The molecule has 11 saturated heterocycles. The summed E-state index contributed by atoms with van der Waals surface area (Å²) in [5, 5.41) is 93.1. The second kappa shape index (κ2) is 32.2. The Morgan fingerprint density at radius 2 is 1.34 bits per heavy atom. The number of nitrogens with one attached hydrogen (secondary N) is 1. The number of phenols is 1. The van der Waals surface area contributed by atoms with Crippen molar-refractivity contribution < 1.29 is 174 Å². The lowest BCUT2D eigenvalue weighted by Crippen LogP contribution is -3.16. The Hall–Kier alpha value is -2.45. The standard InChI is InChI=1S/C66H101Cl2NO36/c1-24-37(48(82-13)39(68)40(71)38(24)67)57(75)97-44-25(2)90-35(17-32(44)94-36-19-62(8,69(77)78)53(85-16)28(5)91-36)96-43-27(4)101-65(18-31(43)70)104-54-29(6)93-61(52(74)63(54,9)105-65)99-49-42(73)58(92-26(3)45(49)81-12)98-46-33(20-79-10)95-60(50(83-14)41(46)72)100-59-51(84-15)47-34(21-86-59)102-66(103-47)56-55(87-23-88-56)64(76,22-89-66)30(7)80-11/h25-36,41-47,49-56,58-61,69-74,76-77H,17-23H2,1-16H3/t25-,26-,27+,28-,29+,30-,31+,32+,33-,34-,35-,36+,41+,42+,43+,44+,45+,46-,47+,49+,50+,51+,52-,53-,54-,55-,56+,58-,59+,60+,61-,62-,63+,64+,65+,66+/m0/s1. The number of aliphatic hydroxyl groups excluding tert-OH is 4. The van der Waals surface area contributed by atoms with E-state index in [2.05, 4.69) is 0 Å². The summed E-state index contributed by atoms with van der Waals surface area (Å²) in [6, 6.07) is 0. The zero-order valence-corrected chi connectivity index (χ0v) is 62.6. The largest absolute Gasteiger partial charge is 0.600 e. The molecule has 11 aliphatic rings. The van der Waals surface area contributed by atoms with Crippen molar-refractivity contribution in [2.24, 2.45) is 0 Å². The Morgan fingerprint density at radius 3 is 2.00 bits per heavy atom. The molecule has 37 atom stereocenters. The smallest absolute Gasteiger partial charge is 0.342 e. The monoisotopic (exact) mass is 1550 g/mol. The highest BCUT2D eigenvalue weighted by Gasteiger charge is 2.72. The van der Waals surface area contributed by atoms with Crippen LogP contribution in [0.15, 0.2) is 0 Å². The van der Waals surface area contributed by atoms with E-state index in [9.17, 15) is 45.8 Å². The number of phenolic OH excluding ortho intramolecular Hbond substituents is 1. The average Bonchev–Trinajstić information content (AvgIpc) is 1.57. The maximum absolute atomic E-state index is 14.3. The van der Waals surface area contributed by atoms with Crippen LogP contribution in [0, 0.1) is 12.1 Å². The molecule has 2 spiro atoms. The van der Waals surface area contributed by atoms with Crippen molar-refractivity contribution >= 4 is 29.2 Å². The van der Waals surface area contributed by atoms with Gasteiger partial charge in [-0.05, 0) is 67.9 Å². The predicted molar refractivity (Wildman–Crippen MR) is 345 cm³/mol. The van der Waals surface area contributed by atoms with Gasteiger partial charge < -0.3 is 164 Å². The number of ether oxygens (including phenoxy) is 27. The number of aliphatic hydroxyl groups is 5. The number of hydrogen-bond acceptors (Lipinski definition) is 36. The number of hydroxylamine groups is 2. The summed E-state index contributed by atoms with van der Waals surface area (Å²) in [5.74, 6) is -5.60. The second-order valence-corrected chi connectivity index (χ2v) is 29.6. The molecule has 11 fully saturated rings. The summed E-state index contributed by atoms with van der Waals surface area (Å²) in [4.78, 5) is 14.3. The first kappa shape index (κ1) is 82.0. The quantitative estimate of drug-likeness (QED) is 0.0522. The van der Waals surface area contributed by atoms with E-state index >= 15 is 0 Å². The molecule has 1 aromatic rings. The van der Waals surface area contributed by atoms with Crippen molar-refractivity contribution in [2.45, 2.75) is 301 Å². The van der Waals surface area contributed by atoms with Crippen LogP contribution >= 0.6 is 23.2 Å². The number of rotatable bonds is 22. The molecule has 39 heteroatoms. The van der Waals surface area contributed by atoms with Crippen LogP contribution < -0.4 is 9.96 Å². The highest BCUT2D eigenvalue weighted by Crippen LogP contribution is 2.53. The van der Waals surface area contributed by atoms with Gasteiger partial charge in [0.05, 0.1) is 87.5 Å². The molecule has 11 aliphatic heterocycles. The topological polar surface area (TPSA) is 435 Å². The molecular weight excluding hydrogens is 1450 g/mol. The van der Waals surface area contributed by atoms with Gasteiger partial charge in [0, 0.05) is 49.1 Å². The van der Waals surface area contributed by atoms with E-state index in [0.717, 1.165) is 0 Å². The van der Waals surface area contributed by atoms with Crippen molar-refractivity contribution in [3.8, 4) is 11.5 Å². The lowest BCUT2D eigenvalue weighted by atomic mass is 9.85. The van der Waals surface area contributed by atoms with Gasteiger partial charge in [-0.3, -0.25) is 0 Å². The second-order valence-electron chi connectivity index (χ2n) is 28.9. The fourth-order valence-corrected chi connectivity index (χ4v) is 17.1. The van der Waals surface area contributed by atoms with Crippen LogP contribution in [0.3, 0.4) is 0 Å². The van der Waals surface area contributed by atoms with Gasteiger partial charge in [-0.25, -0.2) is 15.2 Å². The number of carbonyl (C=O) groups is 1. The van der Waals surface area contributed by atoms with Crippen molar-refractivity contribution in [1.82, 2.24) is 0 Å². The Balaban J connectivity index is 0.697. The van der Waals surface area contributed by atoms with Gasteiger partial charge in [-0.15, -0.1) is 0 Å². The van der Waals surface area contributed by atoms with E-state index in [1.807, 2.05) is 0 Å². The molecule has 1 unspecified atom stereocenters. The van der Waals surface area contributed by atoms with Crippen molar-refractivity contribution in [3.05, 3.63) is 26.4 Å². The third kappa shape index (κ3) is 14.8. The minimum absolute atomic E-state index is 0.0882. The van der Waals surface area contributed by atoms with Crippen molar-refractivity contribution in [3.63, 3.8) is 0 Å². The molecule has 105 heavy (non-hydrogen) atoms. The summed E-state index contributed by atoms with van der Waals surface area (Å²) in [7, 11) is 9.58. The molecule has 1 aromatic carbocycles. The number of fused-ring (bicyclic) bond motifs is 4. The van der Waals surface area contributed by atoms with Crippen LogP contribution in [-0.2, 0) is 123 Å². The van der Waals surface area contributed by atoms with Gasteiger partial charge in [-0.1, -0.05) is 23.2 Å². The normalized spacial score (nSPS) is 49.1. The van der Waals surface area contributed by atoms with Crippen LogP contribution in [0.4, 0.5) is 0 Å². The number of halogens is 2. The summed E-state index contributed by atoms with van der Waals surface area (Å²) in [6.07, 6.45) is -37.5. The average molecular weight is 1560 g/mol. The van der Waals surface area contributed by atoms with Crippen molar-refractivity contribution in [2.75, 3.05) is 76.4 Å². The van der Waals surface area contributed by atoms with Crippen LogP contribution in [0.5, 0.6) is 11.5 Å². The number of benzene rings is 1. The van der Waals surface area contributed by atoms with Crippen molar-refractivity contribution in [1.29, 1.82) is 0 Å². The van der Waals surface area contributed by atoms with E-state index in [0.29, 0.717) is 0 Å². The zero-order chi connectivity index (χ0) is 76.1. The number of hydrogen-bond donors (Lipinski definition) is 8. The summed E-state index contributed by atoms with van der Waals surface area (Å²) in [6.45, 7) is 13.5. The first-order chi connectivity index (χ1) is 49.7. The van der Waals surface area contributed by atoms with Gasteiger partial charge in [0.25, 0.3) is 5.97 Å². The van der Waals surface area contributed by atoms with Crippen LogP contribution in [0.1, 0.15) is 90.6 Å². The van der Waals surface area contributed by atoms with Gasteiger partial charge in [0.15, 0.2) is 67.0 Å². The molecular formula is C66H101Cl2NO36. The molecule has 0 aliphatic carbocycles. The molecule has 0 radical (unpaired) electrons. The molecule has 0 bridgehead atoms. The molecule has 0 amide bonds. The van der Waals surface area contributed by atoms with Gasteiger partial charge in [-0.2, -0.15) is 0 Å². The minimum Gasteiger partial charge on any atom is -0.600 e. The lowest BCUT2D eigenvalue weighted by molar-refractivity contribution is -1.09. The first-order valence-electron chi connectivity index (χ1n) is 34.9. The third-order valence-electron chi connectivity index (χ3n) is 22.3. The Kier molecular flexibility index (Phi) is 25.2. The number of aromatic hydroxyl groups is 1. The summed E-state index contributed by atoms with van der Waals surface area (Å²) < 4.78 is 167. The Labute approximate surface area is 615 Å². The molecule has 8 N–H and O–H groups in total. The number of quaternary nitrogens is 1. The highest BCUT2D eigenvalue weighted by molar-refractivity contribution is 6.39. The van der Waals surface area contributed by atoms with E-state index in [-0.39, 0.29) is 66.4 Å². The molecule has 11 heterocycles. The van der Waals surface area contributed by atoms with E-state index < -0.39 is 242 Å². The summed E-state index contributed by atoms with van der Waals surface area (Å²) in [5.41, 5.74) is -4.94. The molecule has 37 nitrogen and oxygen atoms in total. The maximum atomic E-state index is 14.3. The summed E-state index contributed by atoms with van der Waals surface area (Å²) >= 11 is 12.8. The van der Waals surface area contributed by atoms with E-state index in [1.165, 1.54) is 63.6 Å². The van der Waals surface area contributed by atoms with Gasteiger partial charge in [0.1, 0.15) is 126 Å². The third-order valence-corrected chi connectivity index (χ3v) is 23.1. The molecule has 0 saturated carbocycles.